The molecule has 4 aromatic rings. The van der Waals surface area contributed by atoms with E-state index in [1.807, 2.05) is 6.08 Å². The van der Waals surface area contributed by atoms with Crippen molar-refractivity contribution in [2.75, 3.05) is 0 Å². The average Bonchev–Trinajstić information content (AvgIpc) is 3.33. The van der Waals surface area contributed by atoms with E-state index >= 15 is 0 Å². The van der Waals surface area contributed by atoms with E-state index in [0.717, 1.165) is 31.4 Å². The van der Waals surface area contributed by atoms with Crippen LogP contribution < -0.4 is 4.57 Å². The lowest BCUT2D eigenvalue weighted by atomic mass is 9.85. The molecule has 0 saturated heterocycles. The number of pyridine rings is 1. The summed E-state index contributed by atoms with van der Waals surface area (Å²) in [7, 11) is 0. The topological polar surface area (TPSA) is 33.3 Å². The molecule has 0 fully saturated rings. The molecule has 0 radical (unpaired) electrons. The van der Waals surface area contributed by atoms with Gasteiger partial charge in [0.25, 0.3) is 0 Å². The second-order valence-corrected chi connectivity index (χ2v) is 17.1. The van der Waals surface area contributed by atoms with Gasteiger partial charge in [-0.1, -0.05) is 124 Å². The molecule has 2 atom stereocenters. The molecule has 2 heterocycles. The van der Waals surface area contributed by atoms with Crippen LogP contribution >= 0.6 is 0 Å². The van der Waals surface area contributed by atoms with Crippen molar-refractivity contribution < 1.29 is 14.4 Å². The van der Waals surface area contributed by atoms with Gasteiger partial charge in [0, 0.05) is 17.5 Å². The van der Waals surface area contributed by atoms with Gasteiger partial charge in [-0.25, -0.2) is 0 Å². The fourth-order valence-electron chi connectivity index (χ4n) is 7.14. The predicted molar refractivity (Wildman–Crippen MR) is 208 cm³/mol. The Morgan fingerprint density at radius 2 is 1.53 bits per heavy atom. The minimum absolute atomic E-state index is 0.299. The molecule has 3 nitrogen and oxygen atoms in total. The molecule has 3 aromatic carbocycles. The number of aromatic nitrogens is 1. The molecule has 1 aliphatic rings. The van der Waals surface area contributed by atoms with Gasteiger partial charge in [-0.2, -0.15) is 0 Å². The van der Waals surface area contributed by atoms with Crippen LogP contribution in [0.2, 0.25) is 0 Å². The highest BCUT2D eigenvalue weighted by molar-refractivity contribution is 5.88. The molecule has 0 bridgehead atoms. The van der Waals surface area contributed by atoms with E-state index < -0.39 is 6.10 Å². The van der Waals surface area contributed by atoms with Gasteiger partial charge in [-0.3, -0.25) is 0 Å². The number of ether oxygens (including phenoxy) is 1. The molecular formula is C46H62NO2+. The molecule has 0 spiro atoms. The van der Waals surface area contributed by atoms with Crippen molar-refractivity contribution in [2.45, 2.75) is 133 Å². The zero-order valence-electron chi connectivity index (χ0n) is 32.3. The maximum Gasteiger partial charge on any atom is 0.330 e. The van der Waals surface area contributed by atoms with Crippen molar-refractivity contribution >= 4 is 10.9 Å². The first kappa shape index (κ1) is 36.8. The van der Waals surface area contributed by atoms with Crippen molar-refractivity contribution in [3.05, 3.63) is 100 Å². The minimum atomic E-state index is -0.634. The number of rotatable bonds is 12. The molecular weight excluding hydrogens is 599 g/mol. The van der Waals surface area contributed by atoms with Crippen LogP contribution in [-0.2, 0) is 24.0 Å². The van der Waals surface area contributed by atoms with Crippen LogP contribution in [0, 0.1) is 23.7 Å². The Labute approximate surface area is 297 Å². The fraction of sp³-hybridized carbons (Fsp3) is 0.500. The molecule has 1 aromatic heterocycles. The molecule has 262 valence electrons. The zero-order chi connectivity index (χ0) is 35.7. The van der Waals surface area contributed by atoms with Crippen molar-refractivity contribution in [2.24, 2.45) is 16.7 Å². The Kier molecular flexibility index (Phi) is 11.1. The Morgan fingerprint density at radius 3 is 2.14 bits per heavy atom. The van der Waals surface area contributed by atoms with E-state index in [1.165, 1.54) is 80.4 Å². The predicted octanol–water partition coefficient (Wildman–Crippen LogP) is 11.9. The fourth-order valence-corrected chi connectivity index (χ4v) is 7.14. The van der Waals surface area contributed by atoms with Crippen LogP contribution in [0.3, 0.4) is 0 Å². The zero-order valence-corrected chi connectivity index (χ0v) is 32.3. The molecule has 0 aliphatic carbocycles. The highest BCUT2D eigenvalue weighted by Gasteiger charge is 2.44. The van der Waals surface area contributed by atoms with E-state index in [9.17, 15) is 5.11 Å². The monoisotopic (exact) mass is 660 g/mol. The maximum atomic E-state index is 11.3. The average molecular weight is 661 g/mol. The number of aliphatic hydroxyl groups excluding tert-OH is 1. The number of aryl methyl sites for hydroxylation is 3. The second kappa shape index (κ2) is 14.8. The van der Waals surface area contributed by atoms with Crippen molar-refractivity contribution in [3.63, 3.8) is 0 Å². The number of benzene rings is 3. The summed E-state index contributed by atoms with van der Waals surface area (Å²) >= 11 is 0. The first-order chi connectivity index (χ1) is 23.1. The lowest BCUT2D eigenvalue weighted by Gasteiger charge is -2.29. The number of nitrogens with zero attached hydrogens (tertiary/aromatic N) is 1. The second-order valence-electron chi connectivity index (χ2n) is 17.1. The van der Waals surface area contributed by atoms with Crippen molar-refractivity contribution in [3.8, 4) is 22.4 Å². The number of unbranched alkanes of at least 4 members (excludes halogenated alkanes) is 2. The smallest absolute Gasteiger partial charge is 0.330 e. The molecule has 5 rings (SSSR count). The largest absolute Gasteiger partial charge is 0.434 e. The number of fused-ring (bicyclic) bond motifs is 5. The summed E-state index contributed by atoms with van der Waals surface area (Å²) in [4.78, 5) is 0. The molecule has 0 saturated carbocycles. The van der Waals surface area contributed by atoms with Crippen LogP contribution in [0.4, 0.5) is 0 Å². The molecule has 1 N–H and O–H groups in total. The van der Waals surface area contributed by atoms with Gasteiger partial charge in [0.15, 0.2) is 0 Å². The van der Waals surface area contributed by atoms with Gasteiger partial charge in [0.05, 0.1) is 22.6 Å². The number of aliphatic hydroxyl groups is 1. The number of allylic oxidation sites excluding steroid dienone is 1. The van der Waals surface area contributed by atoms with E-state index in [4.69, 9.17) is 4.74 Å². The van der Waals surface area contributed by atoms with Gasteiger partial charge in [0.2, 0.25) is 11.2 Å². The standard InChI is InChI=1S/C46H62NO2/c1-12-14-15-17-32-25-35(16-13-2)43-38(26-32)40-28-36(24-30(3)4)37-27-34(33-20-18-31(5)19-21-33)22-23-39(37)47(40)44(43)49-42(46(9,10)11)29-41(48)45(6,7)8/h18-23,25-30,41,44,48H,12-17,24H2,1-11H3/q+1/b42-29-/t41?,44-/m1/s1. The Hall–Kier alpha value is -3.43. The third-order valence-corrected chi connectivity index (χ3v) is 10.0. The number of hydrogen-bond acceptors (Lipinski definition) is 2. The summed E-state index contributed by atoms with van der Waals surface area (Å²) in [6.45, 7) is 24.2. The third-order valence-electron chi connectivity index (χ3n) is 10.0. The highest BCUT2D eigenvalue weighted by Crippen LogP contribution is 2.44. The quantitative estimate of drug-likeness (QED) is 0.0932. The Balaban J connectivity index is 1.81. The number of hydrogen-bond donors (Lipinski definition) is 1. The van der Waals surface area contributed by atoms with Gasteiger partial charge in [-0.05, 0) is 96.0 Å². The first-order valence-corrected chi connectivity index (χ1v) is 18.9. The normalized spacial score (nSPS) is 15.5. The van der Waals surface area contributed by atoms with Crippen molar-refractivity contribution in [1.82, 2.24) is 0 Å². The summed E-state index contributed by atoms with van der Waals surface area (Å²) < 4.78 is 9.81. The molecule has 3 heteroatoms. The lowest BCUT2D eigenvalue weighted by molar-refractivity contribution is -0.711. The molecule has 49 heavy (non-hydrogen) atoms. The van der Waals surface area contributed by atoms with Crippen LogP contribution in [0.25, 0.3) is 33.3 Å². The minimum Gasteiger partial charge on any atom is -0.434 e. The summed E-state index contributed by atoms with van der Waals surface area (Å²) in [6, 6.07) is 23.3. The summed E-state index contributed by atoms with van der Waals surface area (Å²) in [6.07, 6.45) is 8.86. The Morgan fingerprint density at radius 1 is 0.837 bits per heavy atom. The lowest BCUT2D eigenvalue weighted by Crippen LogP contribution is -2.42. The Bertz CT molecular complexity index is 1800. The maximum absolute atomic E-state index is 11.3. The van der Waals surface area contributed by atoms with Gasteiger partial charge in [0.1, 0.15) is 5.76 Å². The SMILES string of the molecule is CCCCCc1cc(CCC)c2c(c1)-c1cc(CC(C)C)c3cc(-c4ccc(C)cc4)ccc3[n+]1[C@@H]2O/C(=C\C(O)C(C)(C)C)C(C)(C)C. The molecule has 0 amide bonds. The van der Waals surface area contributed by atoms with Crippen LogP contribution in [-0.4, -0.2) is 11.2 Å². The molecule has 1 aliphatic heterocycles. The summed E-state index contributed by atoms with van der Waals surface area (Å²) in [5.41, 5.74) is 12.4. The summed E-state index contributed by atoms with van der Waals surface area (Å²) in [5.74, 6) is 1.35. The van der Waals surface area contributed by atoms with Crippen LogP contribution in [0.15, 0.2) is 72.5 Å². The highest BCUT2D eigenvalue weighted by atomic mass is 16.5. The van der Waals surface area contributed by atoms with E-state index in [1.54, 1.807) is 0 Å². The van der Waals surface area contributed by atoms with Crippen LogP contribution in [0.1, 0.15) is 129 Å². The molecule has 1 unspecified atom stereocenters. The van der Waals surface area contributed by atoms with Crippen LogP contribution in [0.5, 0.6) is 0 Å². The van der Waals surface area contributed by atoms with Gasteiger partial charge < -0.3 is 9.84 Å². The summed E-state index contributed by atoms with van der Waals surface area (Å²) in [5, 5.41) is 12.6. The van der Waals surface area contributed by atoms with E-state index in [2.05, 4.69) is 141 Å². The van der Waals surface area contributed by atoms with E-state index in [0.29, 0.717) is 5.92 Å². The van der Waals surface area contributed by atoms with Gasteiger partial charge in [-0.15, -0.1) is 4.57 Å². The third kappa shape index (κ3) is 8.15. The van der Waals surface area contributed by atoms with Crippen molar-refractivity contribution in [1.29, 1.82) is 0 Å². The van der Waals surface area contributed by atoms with Gasteiger partial charge >= 0.3 is 6.23 Å². The van der Waals surface area contributed by atoms with E-state index in [-0.39, 0.29) is 17.1 Å². The first-order valence-electron chi connectivity index (χ1n) is 18.9.